The average molecular weight is 283 g/mol. The van der Waals surface area contributed by atoms with Gasteiger partial charge in [-0.3, -0.25) is 9.59 Å². The van der Waals surface area contributed by atoms with Gasteiger partial charge >= 0.3 is 0 Å². The van der Waals surface area contributed by atoms with Crippen molar-refractivity contribution in [3.63, 3.8) is 0 Å². The van der Waals surface area contributed by atoms with Crippen LogP contribution in [-0.2, 0) is 11.3 Å². The molecule has 108 valence electrons. The summed E-state index contributed by atoms with van der Waals surface area (Å²) in [6.45, 7) is 0.394. The molecule has 0 unspecified atom stereocenters. The highest BCUT2D eigenvalue weighted by atomic mass is 16.5. The van der Waals surface area contributed by atoms with Gasteiger partial charge < -0.3 is 10.1 Å². The van der Waals surface area contributed by atoms with Gasteiger partial charge in [-0.2, -0.15) is 0 Å². The van der Waals surface area contributed by atoms with Crippen LogP contribution in [0, 0.1) is 0 Å². The Morgan fingerprint density at radius 1 is 1.00 bits per heavy atom. The third-order valence-corrected chi connectivity index (χ3v) is 3.07. The van der Waals surface area contributed by atoms with Crippen molar-refractivity contribution >= 4 is 11.7 Å². The van der Waals surface area contributed by atoms with E-state index in [9.17, 15) is 9.59 Å². The first-order valence-electron chi connectivity index (χ1n) is 6.67. The number of rotatable bonds is 6. The zero-order valence-corrected chi connectivity index (χ0v) is 11.8. The summed E-state index contributed by atoms with van der Waals surface area (Å²) >= 11 is 0. The fraction of sp³-hybridized carbons (Fsp3) is 0.176. The van der Waals surface area contributed by atoms with Crippen LogP contribution >= 0.6 is 0 Å². The van der Waals surface area contributed by atoms with E-state index < -0.39 is 0 Å². The number of carbonyl (C=O) groups is 2. The van der Waals surface area contributed by atoms with E-state index in [2.05, 4.69) is 5.32 Å². The fourth-order valence-corrected chi connectivity index (χ4v) is 1.88. The number of methoxy groups -OCH3 is 1. The lowest BCUT2D eigenvalue weighted by Gasteiger charge is -2.06. The van der Waals surface area contributed by atoms with Crippen LogP contribution in [0.15, 0.2) is 54.6 Å². The molecule has 0 aromatic heterocycles. The summed E-state index contributed by atoms with van der Waals surface area (Å²) in [7, 11) is 1.60. The van der Waals surface area contributed by atoms with Gasteiger partial charge in [0.25, 0.3) is 0 Å². The first-order chi connectivity index (χ1) is 10.2. The molecule has 0 aliphatic carbocycles. The molecule has 0 spiro atoms. The minimum Gasteiger partial charge on any atom is -0.497 e. The molecular weight excluding hydrogens is 266 g/mol. The van der Waals surface area contributed by atoms with Gasteiger partial charge in [-0.15, -0.1) is 0 Å². The van der Waals surface area contributed by atoms with Crippen molar-refractivity contribution in [2.45, 2.75) is 13.0 Å². The molecule has 0 bridgehead atoms. The second kappa shape index (κ2) is 7.24. The van der Waals surface area contributed by atoms with E-state index in [0.29, 0.717) is 12.1 Å². The zero-order chi connectivity index (χ0) is 15.1. The molecule has 1 amide bonds. The summed E-state index contributed by atoms with van der Waals surface area (Å²) in [6.07, 6.45) is -0.139. The Hall–Kier alpha value is -2.62. The number of hydrogen-bond donors (Lipinski definition) is 1. The van der Waals surface area contributed by atoms with Gasteiger partial charge in [-0.05, 0) is 17.7 Å². The SMILES string of the molecule is COc1ccc(CNC(=O)CC(=O)c2ccccc2)cc1. The molecule has 2 aromatic rings. The van der Waals surface area contributed by atoms with Gasteiger partial charge in [0.1, 0.15) is 5.75 Å². The minimum atomic E-state index is -0.278. The Morgan fingerprint density at radius 3 is 2.29 bits per heavy atom. The van der Waals surface area contributed by atoms with Gasteiger partial charge in [-0.1, -0.05) is 42.5 Å². The molecule has 0 fully saturated rings. The lowest BCUT2D eigenvalue weighted by atomic mass is 10.1. The quantitative estimate of drug-likeness (QED) is 0.655. The summed E-state index contributed by atoms with van der Waals surface area (Å²) in [4.78, 5) is 23.6. The number of nitrogens with one attached hydrogen (secondary N) is 1. The molecule has 0 heterocycles. The van der Waals surface area contributed by atoms with Crippen LogP contribution < -0.4 is 10.1 Å². The maximum Gasteiger partial charge on any atom is 0.228 e. The Bertz CT molecular complexity index is 606. The number of ether oxygens (including phenoxy) is 1. The van der Waals surface area contributed by atoms with Crippen molar-refractivity contribution in [3.05, 3.63) is 65.7 Å². The molecule has 1 N–H and O–H groups in total. The summed E-state index contributed by atoms with van der Waals surface area (Å²) in [5.41, 5.74) is 1.51. The predicted molar refractivity (Wildman–Crippen MR) is 80.2 cm³/mol. The molecule has 4 nitrogen and oxygen atoms in total. The summed E-state index contributed by atoms with van der Waals surface area (Å²) in [5, 5.41) is 2.74. The van der Waals surface area contributed by atoms with Gasteiger partial charge in [-0.25, -0.2) is 0 Å². The monoisotopic (exact) mass is 283 g/mol. The molecule has 2 rings (SSSR count). The summed E-state index contributed by atoms with van der Waals surface area (Å²) in [5.74, 6) is 0.312. The fourth-order valence-electron chi connectivity index (χ4n) is 1.88. The minimum absolute atomic E-state index is 0.139. The van der Waals surface area contributed by atoms with Crippen molar-refractivity contribution in [1.29, 1.82) is 0 Å². The molecular formula is C17H17NO3. The maximum atomic E-state index is 11.9. The normalized spacial score (nSPS) is 9.95. The van der Waals surface area contributed by atoms with Crippen LogP contribution in [0.4, 0.5) is 0 Å². The van der Waals surface area contributed by atoms with Crippen LogP contribution in [0.25, 0.3) is 0 Å². The number of amides is 1. The molecule has 0 saturated carbocycles. The molecule has 0 aliphatic rings. The molecule has 0 radical (unpaired) electrons. The Kier molecular flexibility index (Phi) is 5.10. The second-order valence-corrected chi connectivity index (χ2v) is 4.59. The van der Waals surface area contributed by atoms with Gasteiger partial charge in [0, 0.05) is 12.1 Å². The topological polar surface area (TPSA) is 55.4 Å². The van der Waals surface area contributed by atoms with Crippen molar-refractivity contribution in [3.8, 4) is 5.75 Å². The van der Waals surface area contributed by atoms with Crippen LogP contribution in [0.2, 0.25) is 0 Å². The van der Waals surface area contributed by atoms with Crippen LogP contribution in [0.5, 0.6) is 5.75 Å². The number of carbonyl (C=O) groups excluding carboxylic acids is 2. The molecule has 4 heteroatoms. The summed E-state index contributed by atoms with van der Waals surface area (Å²) < 4.78 is 5.06. The largest absolute Gasteiger partial charge is 0.497 e. The van der Waals surface area contributed by atoms with E-state index in [1.54, 1.807) is 31.4 Å². The Morgan fingerprint density at radius 2 is 1.67 bits per heavy atom. The van der Waals surface area contributed by atoms with E-state index in [1.165, 1.54) is 0 Å². The summed E-state index contributed by atoms with van der Waals surface area (Å²) in [6, 6.07) is 16.2. The highest BCUT2D eigenvalue weighted by molar-refractivity contribution is 6.07. The molecule has 2 aromatic carbocycles. The number of benzene rings is 2. The lowest BCUT2D eigenvalue weighted by molar-refractivity contribution is -0.120. The van der Waals surface area contributed by atoms with Gasteiger partial charge in [0.2, 0.25) is 5.91 Å². The molecule has 0 atom stereocenters. The molecule has 0 aliphatic heterocycles. The molecule has 21 heavy (non-hydrogen) atoms. The third kappa shape index (κ3) is 4.45. The van der Waals surface area contributed by atoms with Crippen molar-refractivity contribution < 1.29 is 14.3 Å². The first-order valence-corrected chi connectivity index (χ1v) is 6.67. The smallest absolute Gasteiger partial charge is 0.228 e. The average Bonchev–Trinajstić information content (AvgIpc) is 2.54. The van der Waals surface area contributed by atoms with Crippen LogP contribution in [0.3, 0.4) is 0 Å². The van der Waals surface area contributed by atoms with Gasteiger partial charge in [0.15, 0.2) is 5.78 Å². The number of hydrogen-bond acceptors (Lipinski definition) is 3. The first kappa shape index (κ1) is 14.8. The third-order valence-electron chi connectivity index (χ3n) is 3.07. The van der Waals surface area contributed by atoms with Crippen molar-refractivity contribution in [2.75, 3.05) is 7.11 Å². The standard InChI is InChI=1S/C17H17NO3/c1-21-15-9-7-13(8-10-15)12-18-17(20)11-16(19)14-5-3-2-4-6-14/h2-10H,11-12H2,1H3,(H,18,20). The van der Waals surface area contributed by atoms with E-state index in [-0.39, 0.29) is 18.1 Å². The Balaban J connectivity index is 1.83. The van der Waals surface area contributed by atoms with Crippen molar-refractivity contribution in [1.82, 2.24) is 5.32 Å². The van der Waals surface area contributed by atoms with Crippen LogP contribution in [-0.4, -0.2) is 18.8 Å². The van der Waals surface area contributed by atoms with E-state index in [0.717, 1.165) is 11.3 Å². The number of Topliss-reactive ketones (excluding diaryl/α,β-unsaturated/α-hetero) is 1. The van der Waals surface area contributed by atoms with E-state index in [4.69, 9.17) is 4.74 Å². The number of ketones is 1. The Labute approximate surface area is 123 Å². The molecule has 0 saturated heterocycles. The predicted octanol–water partition coefficient (Wildman–Crippen LogP) is 2.58. The maximum absolute atomic E-state index is 11.9. The zero-order valence-electron chi connectivity index (χ0n) is 11.8. The highest BCUT2D eigenvalue weighted by Gasteiger charge is 2.10. The second-order valence-electron chi connectivity index (χ2n) is 4.59. The van der Waals surface area contributed by atoms with E-state index >= 15 is 0 Å². The van der Waals surface area contributed by atoms with Gasteiger partial charge in [0.05, 0.1) is 13.5 Å². The van der Waals surface area contributed by atoms with Crippen LogP contribution in [0.1, 0.15) is 22.3 Å². The highest BCUT2D eigenvalue weighted by Crippen LogP contribution is 2.11. The van der Waals surface area contributed by atoms with Crippen molar-refractivity contribution in [2.24, 2.45) is 0 Å². The lowest BCUT2D eigenvalue weighted by Crippen LogP contribution is -2.25. The van der Waals surface area contributed by atoms with E-state index in [1.807, 2.05) is 30.3 Å².